The van der Waals surface area contributed by atoms with Crippen molar-refractivity contribution in [1.29, 1.82) is 0 Å². The van der Waals surface area contributed by atoms with Gasteiger partial charge in [-0.05, 0) is 47.2 Å². The monoisotopic (exact) mass is 324 g/mol. The van der Waals surface area contributed by atoms with Gasteiger partial charge < -0.3 is 9.47 Å². The van der Waals surface area contributed by atoms with E-state index in [4.69, 9.17) is 9.47 Å². The Morgan fingerprint density at radius 1 is 0.870 bits per heavy atom. The zero-order valence-electron chi connectivity index (χ0n) is 13.4. The highest BCUT2D eigenvalue weighted by Crippen LogP contribution is 2.27. The molecule has 2 aromatic carbocycles. The molecule has 3 heteroatoms. The molecule has 1 heterocycles. The van der Waals surface area contributed by atoms with Crippen molar-refractivity contribution in [1.82, 2.24) is 0 Å². The van der Waals surface area contributed by atoms with E-state index < -0.39 is 0 Å². The minimum absolute atomic E-state index is 0.526. The first-order valence-electron chi connectivity index (χ1n) is 7.74. The first-order valence-corrected chi connectivity index (χ1v) is 8.62. The summed E-state index contributed by atoms with van der Waals surface area (Å²) in [6, 6.07) is 20.1. The second-order valence-corrected chi connectivity index (χ2v) is 6.70. The molecule has 0 unspecified atom stereocenters. The van der Waals surface area contributed by atoms with Crippen LogP contribution in [0.1, 0.15) is 30.2 Å². The maximum absolute atomic E-state index is 5.91. The van der Waals surface area contributed by atoms with Crippen LogP contribution in [0.5, 0.6) is 17.2 Å². The lowest BCUT2D eigenvalue weighted by Crippen LogP contribution is -1.93. The lowest BCUT2D eigenvalue weighted by atomic mass is 10.0. The van der Waals surface area contributed by atoms with E-state index in [9.17, 15) is 0 Å². The predicted octanol–water partition coefficient (Wildman–Crippen LogP) is 6.24. The standard InChI is InChI=1S/C20H20O2S/c1-15(2)16-8-10-17(11-9-16)22-19-6-3-5-18(13-19)21-14-20-7-4-12-23-20/h3-13,15H,14H2,1-2H3. The molecule has 0 saturated carbocycles. The van der Waals surface area contributed by atoms with Gasteiger partial charge in [0.15, 0.2) is 0 Å². The van der Waals surface area contributed by atoms with Gasteiger partial charge in [-0.1, -0.05) is 38.1 Å². The van der Waals surface area contributed by atoms with Crippen LogP contribution in [0.25, 0.3) is 0 Å². The Morgan fingerprint density at radius 2 is 1.65 bits per heavy atom. The van der Waals surface area contributed by atoms with Gasteiger partial charge >= 0.3 is 0 Å². The molecule has 0 radical (unpaired) electrons. The highest BCUT2D eigenvalue weighted by atomic mass is 32.1. The zero-order valence-corrected chi connectivity index (χ0v) is 14.2. The van der Waals surface area contributed by atoms with E-state index >= 15 is 0 Å². The van der Waals surface area contributed by atoms with E-state index in [0.29, 0.717) is 12.5 Å². The molecule has 23 heavy (non-hydrogen) atoms. The first-order chi connectivity index (χ1) is 11.2. The second-order valence-electron chi connectivity index (χ2n) is 5.67. The number of ether oxygens (including phenoxy) is 2. The normalized spacial score (nSPS) is 10.7. The Kier molecular flexibility index (Phi) is 4.99. The van der Waals surface area contributed by atoms with Crippen LogP contribution < -0.4 is 9.47 Å². The Morgan fingerprint density at radius 3 is 2.35 bits per heavy atom. The molecule has 3 rings (SSSR count). The van der Waals surface area contributed by atoms with Crippen LogP contribution in [-0.2, 0) is 6.61 Å². The summed E-state index contributed by atoms with van der Waals surface area (Å²) in [4.78, 5) is 1.21. The molecule has 2 nitrogen and oxygen atoms in total. The van der Waals surface area contributed by atoms with E-state index in [0.717, 1.165) is 17.2 Å². The van der Waals surface area contributed by atoms with E-state index in [1.54, 1.807) is 11.3 Å². The van der Waals surface area contributed by atoms with Crippen LogP contribution in [0.15, 0.2) is 66.0 Å². The van der Waals surface area contributed by atoms with Crippen molar-refractivity contribution in [3.05, 3.63) is 76.5 Å². The molecule has 0 amide bonds. The highest BCUT2D eigenvalue weighted by Gasteiger charge is 2.03. The molecule has 0 aliphatic carbocycles. The van der Waals surface area contributed by atoms with Gasteiger partial charge in [-0.2, -0.15) is 0 Å². The SMILES string of the molecule is CC(C)c1ccc(Oc2cccc(OCc3cccs3)c2)cc1. The summed E-state index contributed by atoms with van der Waals surface area (Å²) in [5.41, 5.74) is 1.31. The van der Waals surface area contributed by atoms with Crippen LogP contribution in [0, 0.1) is 0 Å². The van der Waals surface area contributed by atoms with Crippen molar-refractivity contribution in [2.75, 3.05) is 0 Å². The van der Waals surface area contributed by atoms with Crippen molar-refractivity contribution >= 4 is 11.3 Å². The van der Waals surface area contributed by atoms with Crippen molar-refractivity contribution in [3.8, 4) is 17.2 Å². The summed E-state index contributed by atoms with van der Waals surface area (Å²) >= 11 is 1.70. The summed E-state index contributed by atoms with van der Waals surface area (Å²) < 4.78 is 11.7. The smallest absolute Gasteiger partial charge is 0.131 e. The molecular formula is C20H20O2S. The van der Waals surface area contributed by atoms with Crippen molar-refractivity contribution in [2.24, 2.45) is 0 Å². The lowest BCUT2D eigenvalue weighted by molar-refractivity contribution is 0.308. The zero-order chi connectivity index (χ0) is 16.1. The van der Waals surface area contributed by atoms with Gasteiger partial charge in [-0.25, -0.2) is 0 Å². The maximum Gasteiger partial charge on any atom is 0.131 e. The van der Waals surface area contributed by atoms with Crippen molar-refractivity contribution < 1.29 is 9.47 Å². The van der Waals surface area contributed by atoms with E-state index in [2.05, 4.69) is 37.4 Å². The fourth-order valence-corrected chi connectivity index (χ4v) is 2.85. The topological polar surface area (TPSA) is 18.5 Å². The molecule has 3 aromatic rings. The molecule has 0 fully saturated rings. The summed E-state index contributed by atoms with van der Waals surface area (Å²) in [6.45, 7) is 4.96. The number of thiophene rings is 1. The van der Waals surface area contributed by atoms with Gasteiger partial charge in [-0.3, -0.25) is 0 Å². The third kappa shape index (κ3) is 4.36. The van der Waals surface area contributed by atoms with Crippen LogP contribution in [0.4, 0.5) is 0 Å². The van der Waals surface area contributed by atoms with Crippen LogP contribution >= 0.6 is 11.3 Å². The fraction of sp³-hybridized carbons (Fsp3) is 0.200. The molecular weight excluding hydrogens is 304 g/mol. The fourth-order valence-electron chi connectivity index (χ4n) is 2.23. The number of hydrogen-bond donors (Lipinski definition) is 0. The Balaban J connectivity index is 1.64. The number of rotatable bonds is 6. The van der Waals surface area contributed by atoms with Crippen LogP contribution in [-0.4, -0.2) is 0 Å². The van der Waals surface area contributed by atoms with Gasteiger partial charge in [0.1, 0.15) is 23.9 Å². The Labute approximate surface area is 141 Å². The van der Waals surface area contributed by atoms with Crippen molar-refractivity contribution in [2.45, 2.75) is 26.4 Å². The summed E-state index contributed by atoms with van der Waals surface area (Å²) in [7, 11) is 0. The molecule has 0 bridgehead atoms. The third-order valence-corrected chi connectivity index (χ3v) is 4.40. The van der Waals surface area contributed by atoms with Gasteiger partial charge in [0.05, 0.1) is 0 Å². The van der Waals surface area contributed by atoms with Gasteiger partial charge in [-0.15, -0.1) is 11.3 Å². The third-order valence-electron chi connectivity index (χ3n) is 3.55. The van der Waals surface area contributed by atoms with E-state index in [-0.39, 0.29) is 0 Å². The Bertz CT molecular complexity index is 731. The lowest BCUT2D eigenvalue weighted by Gasteiger charge is -2.10. The molecule has 0 atom stereocenters. The molecule has 0 aliphatic rings. The Hall–Kier alpha value is -2.26. The minimum atomic E-state index is 0.526. The molecule has 118 valence electrons. The molecule has 0 aliphatic heterocycles. The van der Waals surface area contributed by atoms with Crippen molar-refractivity contribution in [3.63, 3.8) is 0 Å². The van der Waals surface area contributed by atoms with Gasteiger partial charge in [0.2, 0.25) is 0 Å². The average Bonchev–Trinajstić information content (AvgIpc) is 3.07. The number of benzene rings is 2. The molecule has 1 aromatic heterocycles. The average molecular weight is 324 g/mol. The largest absolute Gasteiger partial charge is 0.488 e. The van der Waals surface area contributed by atoms with Crippen LogP contribution in [0.2, 0.25) is 0 Å². The summed E-state index contributed by atoms with van der Waals surface area (Å²) in [6.07, 6.45) is 0. The summed E-state index contributed by atoms with van der Waals surface area (Å²) in [5, 5.41) is 2.05. The molecule has 0 saturated heterocycles. The second kappa shape index (κ2) is 7.34. The van der Waals surface area contributed by atoms with Crippen LogP contribution in [0.3, 0.4) is 0 Å². The van der Waals surface area contributed by atoms with Gasteiger partial charge in [0, 0.05) is 10.9 Å². The van der Waals surface area contributed by atoms with Gasteiger partial charge in [0.25, 0.3) is 0 Å². The predicted molar refractivity (Wildman–Crippen MR) is 95.7 cm³/mol. The quantitative estimate of drug-likeness (QED) is 0.534. The first kappa shape index (κ1) is 15.6. The summed E-state index contributed by atoms with van der Waals surface area (Å²) in [5.74, 6) is 2.96. The highest BCUT2D eigenvalue weighted by molar-refractivity contribution is 7.09. The minimum Gasteiger partial charge on any atom is -0.488 e. The van der Waals surface area contributed by atoms with E-state index in [1.807, 2.05) is 42.5 Å². The number of hydrogen-bond acceptors (Lipinski definition) is 3. The maximum atomic E-state index is 5.91. The molecule has 0 N–H and O–H groups in total. The van der Waals surface area contributed by atoms with E-state index in [1.165, 1.54) is 10.4 Å². The molecule has 0 spiro atoms.